The predicted molar refractivity (Wildman–Crippen MR) is 64.0 cm³/mol. The molecule has 1 heterocycles. The summed E-state index contributed by atoms with van der Waals surface area (Å²) in [5.74, 6) is 0.633. The minimum atomic E-state index is -1.80. The molecule has 1 aromatic rings. The molecule has 0 unspecified atom stereocenters. The number of hydrogen-bond acceptors (Lipinski definition) is 5. The maximum Gasteiger partial charge on any atom is 0.237 e. The molecule has 0 atom stereocenters. The van der Waals surface area contributed by atoms with E-state index in [0.29, 0.717) is 11.5 Å². The molecule has 0 radical (unpaired) electrons. The third kappa shape index (κ3) is 2.58. The lowest BCUT2D eigenvalue weighted by Gasteiger charge is -2.18. The number of hydrogen-bond donors (Lipinski definition) is 4. The number of carbonyl (C=O) groups excluding carboxylic acids is 1. The third-order valence-corrected chi connectivity index (χ3v) is 3.32. The monoisotopic (exact) mass is 237 g/mol. The summed E-state index contributed by atoms with van der Waals surface area (Å²) < 4.78 is 0. The standard InChI is InChI=1S/C6H11N3OS3/c1-7-5-3-4(8-9-5)6(10)13(2,11)12/h3,11-12H,1-2H3,(H2,7,8,9). The Kier molecular flexibility index (Phi) is 3.20. The second kappa shape index (κ2) is 3.85. The van der Waals surface area contributed by atoms with Crippen LogP contribution in [0.3, 0.4) is 0 Å². The van der Waals surface area contributed by atoms with Gasteiger partial charge < -0.3 is 5.32 Å². The summed E-state index contributed by atoms with van der Waals surface area (Å²) in [7, 11) is -0.0658. The average molecular weight is 237 g/mol. The van der Waals surface area contributed by atoms with Crippen molar-refractivity contribution in [3.05, 3.63) is 11.8 Å². The van der Waals surface area contributed by atoms with E-state index in [9.17, 15) is 4.79 Å². The molecule has 0 saturated heterocycles. The Balaban J connectivity index is 2.90. The highest BCUT2D eigenvalue weighted by atomic mass is 33.5. The first-order chi connectivity index (χ1) is 5.95. The van der Waals surface area contributed by atoms with Crippen molar-refractivity contribution < 1.29 is 4.79 Å². The molecule has 7 heteroatoms. The minimum Gasteiger partial charge on any atom is -0.372 e. The van der Waals surface area contributed by atoms with Crippen molar-refractivity contribution in [3.63, 3.8) is 0 Å². The largest absolute Gasteiger partial charge is 0.372 e. The summed E-state index contributed by atoms with van der Waals surface area (Å²) in [6.07, 6.45) is 1.70. The molecule has 74 valence electrons. The van der Waals surface area contributed by atoms with Gasteiger partial charge in [0, 0.05) is 13.1 Å². The fourth-order valence-electron chi connectivity index (χ4n) is 0.763. The van der Waals surface area contributed by atoms with Crippen molar-refractivity contribution in [1.82, 2.24) is 10.2 Å². The van der Waals surface area contributed by atoms with Crippen LogP contribution in [0, 0.1) is 0 Å². The number of rotatable bonds is 2. The minimum absolute atomic E-state index is 0.117. The molecule has 0 fully saturated rings. The maximum atomic E-state index is 11.6. The summed E-state index contributed by atoms with van der Waals surface area (Å²) in [6.45, 7) is 0. The molecule has 13 heavy (non-hydrogen) atoms. The van der Waals surface area contributed by atoms with Crippen molar-refractivity contribution in [1.29, 1.82) is 0 Å². The quantitative estimate of drug-likeness (QED) is 0.468. The summed E-state index contributed by atoms with van der Waals surface area (Å²) in [5.41, 5.74) is 0.437. The highest BCUT2D eigenvalue weighted by Crippen LogP contribution is 2.55. The van der Waals surface area contributed by atoms with E-state index in [-0.39, 0.29) is 5.12 Å². The van der Waals surface area contributed by atoms with E-state index >= 15 is 0 Å². The van der Waals surface area contributed by atoms with Gasteiger partial charge in [-0.2, -0.15) is 5.10 Å². The van der Waals surface area contributed by atoms with Gasteiger partial charge in [0.1, 0.15) is 11.5 Å². The zero-order valence-electron chi connectivity index (χ0n) is 7.24. The molecular formula is C6H11N3OS3. The Labute approximate surface area is 87.8 Å². The topological polar surface area (TPSA) is 57.8 Å². The van der Waals surface area contributed by atoms with Gasteiger partial charge in [0.2, 0.25) is 5.12 Å². The number of aromatic amines is 1. The van der Waals surface area contributed by atoms with Crippen LogP contribution in [0.4, 0.5) is 5.82 Å². The first-order valence-corrected chi connectivity index (χ1v) is 7.60. The van der Waals surface area contributed by atoms with Crippen LogP contribution in [0.25, 0.3) is 0 Å². The Morgan fingerprint density at radius 3 is 2.69 bits per heavy atom. The molecule has 0 aliphatic heterocycles. The Morgan fingerprint density at radius 1 is 1.69 bits per heavy atom. The van der Waals surface area contributed by atoms with Crippen molar-refractivity contribution in [3.8, 4) is 0 Å². The fraction of sp³-hybridized carbons (Fsp3) is 0.333. The van der Waals surface area contributed by atoms with Gasteiger partial charge in [-0.25, -0.2) is 0 Å². The lowest BCUT2D eigenvalue weighted by atomic mass is 10.4. The van der Waals surface area contributed by atoms with Gasteiger partial charge in [-0.3, -0.25) is 9.89 Å². The number of thiol groups is 2. The Bertz CT molecular complexity index is 317. The second-order valence-electron chi connectivity index (χ2n) is 2.54. The first kappa shape index (κ1) is 10.8. The van der Waals surface area contributed by atoms with Gasteiger partial charge in [-0.05, 0) is 6.26 Å². The average Bonchev–Trinajstić information content (AvgIpc) is 2.48. The van der Waals surface area contributed by atoms with E-state index in [1.165, 1.54) is 0 Å². The van der Waals surface area contributed by atoms with Gasteiger partial charge >= 0.3 is 0 Å². The van der Waals surface area contributed by atoms with Crippen molar-refractivity contribution in [2.45, 2.75) is 0 Å². The van der Waals surface area contributed by atoms with Crippen LogP contribution in [-0.2, 0) is 0 Å². The van der Waals surface area contributed by atoms with Gasteiger partial charge in [0.15, 0.2) is 0 Å². The second-order valence-corrected chi connectivity index (χ2v) is 9.82. The van der Waals surface area contributed by atoms with Gasteiger partial charge in [0.25, 0.3) is 0 Å². The highest BCUT2D eigenvalue weighted by Gasteiger charge is 2.22. The van der Waals surface area contributed by atoms with E-state index in [2.05, 4.69) is 38.8 Å². The summed E-state index contributed by atoms with van der Waals surface area (Å²) >= 11 is 8.26. The van der Waals surface area contributed by atoms with Crippen LogP contribution in [0.2, 0.25) is 0 Å². The molecule has 1 rings (SSSR count). The number of H-pyrrole nitrogens is 1. The molecule has 0 spiro atoms. The summed E-state index contributed by atoms with van der Waals surface area (Å²) in [5, 5.41) is 9.18. The van der Waals surface area contributed by atoms with E-state index in [0.717, 1.165) is 0 Å². The van der Waals surface area contributed by atoms with Crippen molar-refractivity contribution in [2.24, 2.45) is 0 Å². The van der Waals surface area contributed by atoms with E-state index < -0.39 is 8.09 Å². The van der Waals surface area contributed by atoms with Crippen LogP contribution in [0.1, 0.15) is 10.5 Å². The zero-order valence-corrected chi connectivity index (χ0v) is 9.84. The number of carbonyl (C=O) groups is 1. The SMILES string of the molecule is CNc1cc(C(=O)S(C)(S)S)[nH]n1. The fourth-order valence-corrected chi connectivity index (χ4v) is 1.87. The zero-order chi connectivity index (χ0) is 10.1. The number of nitrogens with zero attached hydrogens (tertiary/aromatic N) is 1. The van der Waals surface area contributed by atoms with Crippen LogP contribution in [0.5, 0.6) is 0 Å². The smallest absolute Gasteiger partial charge is 0.237 e. The van der Waals surface area contributed by atoms with Crippen LogP contribution < -0.4 is 5.32 Å². The Hall–Kier alpha value is -0.270. The molecule has 1 aromatic heterocycles. The summed E-state index contributed by atoms with van der Waals surface area (Å²) in [6, 6.07) is 1.64. The lowest BCUT2D eigenvalue weighted by molar-refractivity contribution is 0.108. The molecule has 0 bridgehead atoms. The van der Waals surface area contributed by atoms with E-state index in [4.69, 9.17) is 0 Å². The predicted octanol–water partition coefficient (Wildman–Crippen LogP) is 1.72. The number of anilines is 1. The molecule has 0 aromatic carbocycles. The summed E-state index contributed by atoms with van der Waals surface area (Å²) in [4.78, 5) is 11.6. The molecule has 0 aliphatic rings. The van der Waals surface area contributed by atoms with Gasteiger partial charge in [0.05, 0.1) is 0 Å². The molecule has 4 nitrogen and oxygen atoms in total. The number of nitrogens with one attached hydrogen (secondary N) is 2. The highest BCUT2D eigenvalue weighted by molar-refractivity contribution is 9.22. The van der Waals surface area contributed by atoms with Crippen LogP contribution in [-0.4, -0.2) is 28.6 Å². The molecule has 0 saturated carbocycles. The lowest BCUT2D eigenvalue weighted by Crippen LogP contribution is -2.01. The van der Waals surface area contributed by atoms with Crippen LogP contribution in [0.15, 0.2) is 6.07 Å². The van der Waals surface area contributed by atoms with Crippen LogP contribution >= 0.6 is 31.4 Å². The number of aromatic nitrogens is 2. The van der Waals surface area contributed by atoms with Gasteiger partial charge in [-0.15, -0.1) is 23.3 Å². The third-order valence-electron chi connectivity index (χ3n) is 1.41. The molecule has 2 N–H and O–H groups in total. The van der Waals surface area contributed by atoms with Crippen molar-refractivity contribution >= 4 is 42.3 Å². The maximum absolute atomic E-state index is 11.6. The van der Waals surface area contributed by atoms with Crippen molar-refractivity contribution in [2.75, 3.05) is 18.6 Å². The van der Waals surface area contributed by atoms with E-state index in [1.807, 2.05) is 0 Å². The molecule has 0 amide bonds. The van der Waals surface area contributed by atoms with E-state index in [1.54, 1.807) is 19.4 Å². The molecular weight excluding hydrogens is 226 g/mol. The normalized spacial score (nSPS) is 12.6. The molecule has 0 aliphatic carbocycles. The first-order valence-electron chi connectivity index (χ1n) is 3.46. The Morgan fingerprint density at radius 2 is 2.31 bits per heavy atom. The van der Waals surface area contributed by atoms with Gasteiger partial charge in [-0.1, -0.05) is 8.09 Å².